The molecular weight excluding hydrogens is 90.1 g/mol. The molecular formula is C5H11NO. The lowest BCUT2D eigenvalue weighted by molar-refractivity contribution is -0.112. The van der Waals surface area contributed by atoms with Crippen molar-refractivity contribution >= 4 is 0 Å². The van der Waals surface area contributed by atoms with Crippen molar-refractivity contribution in [3.8, 4) is 0 Å². The molecule has 1 heterocycles. The zero-order valence-electron chi connectivity index (χ0n) is 4.68. The molecule has 0 aliphatic carbocycles. The van der Waals surface area contributed by atoms with Crippen LogP contribution < -0.4 is 0 Å². The van der Waals surface area contributed by atoms with E-state index in [1.807, 2.05) is 5.06 Å². The monoisotopic (exact) mass is 101 g/mol. The van der Waals surface area contributed by atoms with Crippen LogP contribution in [0.1, 0.15) is 12.8 Å². The molecule has 7 heavy (non-hydrogen) atoms. The van der Waals surface area contributed by atoms with Crippen molar-refractivity contribution in [1.82, 2.24) is 5.06 Å². The molecule has 0 unspecified atom stereocenters. The van der Waals surface area contributed by atoms with E-state index in [4.69, 9.17) is 4.84 Å². The molecule has 1 saturated heterocycles. The van der Waals surface area contributed by atoms with Crippen molar-refractivity contribution in [3.63, 3.8) is 0 Å². The van der Waals surface area contributed by atoms with Gasteiger partial charge in [-0.3, -0.25) is 0 Å². The highest BCUT2D eigenvalue weighted by atomic mass is 16.7. The van der Waals surface area contributed by atoms with Crippen molar-refractivity contribution < 1.29 is 4.84 Å². The van der Waals surface area contributed by atoms with E-state index >= 15 is 0 Å². The van der Waals surface area contributed by atoms with Gasteiger partial charge in [-0.05, 0) is 12.8 Å². The molecule has 2 heteroatoms. The van der Waals surface area contributed by atoms with Gasteiger partial charge in [-0.1, -0.05) is 0 Å². The number of nitrogens with zero attached hydrogens (tertiary/aromatic N) is 1. The van der Waals surface area contributed by atoms with Gasteiger partial charge in [-0.2, -0.15) is 5.06 Å². The lowest BCUT2D eigenvalue weighted by Crippen LogP contribution is -2.16. The Labute approximate surface area is 44.0 Å². The van der Waals surface area contributed by atoms with Crippen molar-refractivity contribution in [2.75, 3.05) is 20.2 Å². The molecule has 1 fully saturated rings. The van der Waals surface area contributed by atoms with Crippen molar-refractivity contribution in [2.24, 2.45) is 0 Å². The smallest absolute Gasteiger partial charge is 0.0575 e. The van der Waals surface area contributed by atoms with E-state index in [0.29, 0.717) is 0 Å². The Balaban J connectivity index is 2.14. The minimum atomic E-state index is 1.12. The highest BCUT2D eigenvalue weighted by Gasteiger charge is 2.08. The predicted molar refractivity (Wildman–Crippen MR) is 27.8 cm³/mol. The quantitative estimate of drug-likeness (QED) is 0.480. The molecule has 0 bridgehead atoms. The van der Waals surface area contributed by atoms with Gasteiger partial charge in [-0.15, -0.1) is 0 Å². The molecule has 0 amide bonds. The molecule has 0 radical (unpaired) electrons. The summed E-state index contributed by atoms with van der Waals surface area (Å²) in [6, 6.07) is 0. The molecule has 0 atom stereocenters. The Kier molecular flexibility index (Phi) is 1.65. The fourth-order valence-electron chi connectivity index (χ4n) is 0.871. The SMILES string of the molecule is CON1CCCC1. The van der Waals surface area contributed by atoms with Crippen LogP contribution in [0.2, 0.25) is 0 Å². The van der Waals surface area contributed by atoms with E-state index < -0.39 is 0 Å². The maximum atomic E-state index is 4.94. The Morgan fingerprint density at radius 2 is 1.86 bits per heavy atom. The third kappa shape index (κ3) is 1.14. The van der Waals surface area contributed by atoms with Crippen LogP contribution in [0.25, 0.3) is 0 Å². The summed E-state index contributed by atoms with van der Waals surface area (Å²) in [7, 11) is 1.73. The molecule has 0 aromatic rings. The molecule has 1 rings (SSSR count). The van der Waals surface area contributed by atoms with Crippen LogP contribution in [0.3, 0.4) is 0 Å². The van der Waals surface area contributed by atoms with Crippen LogP contribution in [0.4, 0.5) is 0 Å². The maximum absolute atomic E-state index is 4.94. The number of hydrogen-bond donors (Lipinski definition) is 0. The third-order valence-corrected chi connectivity index (χ3v) is 1.32. The van der Waals surface area contributed by atoms with Crippen molar-refractivity contribution in [2.45, 2.75) is 12.8 Å². The second kappa shape index (κ2) is 2.28. The lowest BCUT2D eigenvalue weighted by Gasteiger charge is -2.08. The van der Waals surface area contributed by atoms with Gasteiger partial charge in [0.25, 0.3) is 0 Å². The molecule has 0 N–H and O–H groups in total. The fourth-order valence-corrected chi connectivity index (χ4v) is 0.871. The number of hydrogen-bond acceptors (Lipinski definition) is 2. The molecule has 0 saturated carbocycles. The molecule has 0 aromatic carbocycles. The number of rotatable bonds is 1. The highest BCUT2D eigenvalue weighted by molar-refractivity contribution is 4.55. The van der Waals surface area contributed by atoms with Crippen LogP contribution in [-0.2, 0) is 4.84 Å². The summed E-state index contributed by atoms with van der Waals surface area (Å²) in [6.45, 7) is 2.24. The summed E-state index contributed by atoms with van der Waals surface area (Å²) in [5.41, 5.74) is 0. The topological polar surface area (TPSA) is 12.5 Å². The first kappa shape index (κ1) is 5.06. The van der Waals surface area contributed by atoms with E-state index in [9.17, 15) is 0 Å². The summed E-state index contributed by atoms with van der Waals surface area (Å²) in [5.74, 6) is 0. The van der Waals surface area contributed by atoms with Gasteiger partial charge in [0.15, 0.2) is 0 Å². The maximum Gasteiger partial charge on any atom is 0.0575 e. The number of hydroxylamine groups is 2. The second-order valence-corrected chi connectivity index (χ2v) is 1.82. The second-order valence-electron chi connectivity index (χ2n) is 1.82. The highest BCUT2D eigenvalue weighted by Crippen LogP contribution is 2.05. The van der Waals surface area contributed by atoms with Gasteiger partial charge < -0.3 is 4.84 Å². The summed E-state index contributed by atoms with van der Waals surface area (Å²) in [4.78, 5) is 4.94. The average Bonchev–Trinajstić information content (AvgIpc) is 2.14. The molecule has 0 spiro atoms. The van der Waals surface area contributed by atoms with Gasteiger partial charge in [0.1, 0.15) is 0 Å². The first-order valence-electron chi connectivity index (χ1n) is 2.72. The third-order valence-electron chi connectivity index (χ3n) is 1.32. The molecule has 1 aliphatic rings. The van der Waals surface area contributed by atoms with Gasteiger partial charge in [-0.25, -0.2) is 0 Å². The van der Waals surface area contributed by atoms with Crippen LogP contribution in [-0.4, -0.2) is 25.3 Å². The van der Waals surface area contributed by atoms with E-state index in [1.54, 1.807) is 7.11 Å². The van der Waals surface area contributed by atoms with Crippen molar-refractivity contribution in [3.05, 3.63) is 0 Å². The molecule has 2 nitrogen and oxygen atoms in total. The van der Waals surface area contributed by atoms with Crippen LogP contribution in [0.5, 0.6) is 0 Å². The zero-order valence-corrected chi connectivity index (χ0v) is 4.68. The van der Waals surface area contributed by atoms with Gasteiger partial charge in [0, 0.05) is 13.1 Å². The van der Waals surface area contributed by atoms with Gasteiger partial charge >= 0.3 is 0 Å². The van der Waals surface area contributed by atoms with E-state index in [0.717, 1.165) is 13.1 Å². The summed E-state index contributed by atoms with van der Waals surface area (Å²) in [6.07, 6.45) is 2.60. The first-order valence-corrected chi connectivity index (χ1v) is 2.72. The largest absolute Gasteiger partial charge is 0.302 e. The minimum absolute atomic E-state index is 1.12. The normalized spacial score (nSPS) is 23.6. The van der Waals surface area contributed by atoms with Crippen LogP contribution in [0, 0.1) is 0 Å². The van der Waals surface area contributed by atoms with Gasteiger partial charge in [0.2, 0.25) is 0 Å². The summed E-state index contributed by atoms with van der Waals surface area (Å²) >= 11 is 0. The molecule has 1 aliphatic heterocycles. The molecule has 0 aromatic heterocycles. The Morgan fingerprint density at radius 1 is 1.29 bits per heavy atom. The van der Waals surface area contributed by atoms with Crippen LogP contribution >= 0.6 is 0 Å². The lowest BCUT2D eigenvalue weighted by atomic mass is 10.4. The van der Waals surface area contributed by atoms with Gasteiger partial charge in [0.05, 0.1) is 7.11 Å². The minimum Gasteiger partial charge on any atom is -0.302 e. The summed E-state index contributed by atoms with van der Waals surface area (Å²) in [5, 5.41) is 1.99. The predicted octanol–water partition coefficient (Wildman–Crippen LogP) is 0.644. The van der Waals surface area contributed by atoms with E-state index in [2.05, 4.69) is 0 Å². The van der Waals surface area contributed by atoms with E-state index in [-0.39, 0.29) is 0 Å². The van der Waals surface area contributed by atoms with E-state index in [1.165, 1.54) is 12.8 Å². The summed E-state index contributed by atoms with van der Waals surface area (Å²) < 4.78 is 0. The standard InChI is InChI=1S/C5H11NO/c1-7-6-4-2-3-5-6/h2-5H2,1H3. The first-order chi connectivity index (χ1) is 3.43. The fraction of sp³-hybridized carbons (Fsp3) is 1.00. The Hall–Kier alpha value is -0.0800. The zero-order chi connectivity index (χ0) is 5.11. The Bertz CT molecular complexity index is 50.0. The van der Waals surface area contributed by atoms with Crippen molar-refractivity contribution in [1.29, 1.82) is 0 Å². The molecule has 42 valence electrons. The average molecular weight is 101 g/mol. The van der Waals surface area contributed by atoms with Crippen LogP contribution in [0.15, 0.2) is 0 Å². The Morgan fingerprint density at radius 3 is 2.14 bits per heavy atom.